The fourth-order valence-electron chi connectivity index (χ4n) is 2.86. The molecule has 0 unspecified atom stereocenters. The number of rotatable bonds is 2. The zero-order valence-corrected chi connectivity index (χ0v) is 15.6. The highest BCUT2D eigenvalue weighted by atomic mass is 35.5. The van der Waals surface area contributed by atoms with Crippen LogP contribution in [-0.4, -0.2) is 11.6 Å². The van der Waals surface area contributed by atoms with Crippen molar-refractivity contribution in [3.63, 3.8) is 0 Å². The van der Waals surface area contributed by atoms with Gasteiger partial charge < -0.3 is 4.42 Å². The Kier molecular flexibility index (Phi) is 4.34. The van der Waals surface area contributed by atoms with Gasteiger partial charge in [0.15, 0.2) is 11.0 Å². The molecule has 0 saturated heterocycles. The van der Waals surface area contributed by atoms with Crippen molar-refractivity contribution >= 4 is 57.6 Å². The lowest BCUT2D eigenvalue weighted by Gasteiger charge is -2.11. The Labute approximate surface area is 164 Å². The Balaban J connectivity index is 1.80. The van der Waals surface area contributed by atoms with Crippen LogP contribution in [0.4, 0.5) is 5.69 Å². The van der Waals surface area contributed by atoms with E-state index in [-0.39, 0.29) is 32.9 Å². The number of hydrazone groups is 1. The second kappa shape index (κ2) is 6.68. The summed E-state index contributed by atoms with van der Waals surface area (Å²) in [5, 5.41) is 6.43. The second-order valence-corrected chi connectivity index (χ2v) is 6.82. The standard InChI is InChI=1S/C20H12Cl2N2O3/c1-11-15(20(26)24(23-11)14-5-3-2-4-6-14)7-12-10-27-19-16(18(12)25)8-13(21)9-17(19)22/h2-10H,1H3/b15-7-. The third-order valence-electron chi connectivity index (χ3n) is 4.18. The van der Waals surface area contributed by atoms with Gasteiger partial charge in [-0.05, 0) is 37.3 Å². The molecule has 0 radical (unpaired) electrons. The minimum atomic E-state index is -0.327. The van der Waals surface area contributed by atoms with E-state index in [4.69, 9.17) is 27.6 Å². The zero-order valence-electron chi connectivity index (χ0n) is 14.1. The maximum atomic E-state index is 12.8. The normalized spacial score (nSPS) is 15.7. The van der Waals surface area contributed by atoms with E-state index < -0.39 is 0 Å². The van der Waals surface area contributed by atoms with Crippen LogP contribution in [0.2, 0.25) is 10.0 Å². The molecule has 1 aliphatic rings. The molecular formula is C20H12Cl2N2O3. The summed E-state index contributed by atoms with van der Waals surface area (Å²) in [4.78, 5) is 25.6. The van der Waals surface area contributed by atoms with Crippen molar-refractivity contribution in [2.24, 2.45) is 5.10 Å². The summed E-state index contributed by atoms with van der Waals surface area (Å²) < 4.78 is 5.50. The molecule has 134 valence electrons. The summed E-state index contributed by atoms with van der Waals surface area (Å²) in [5.74, 6) is -0.317. The largest absolute Gasteiger partial charge is 0.462 e. The lowest BCUT2D eigenvalue weighted by Crippen LogP contribution is -2.21. The van der Waals surface area contributed by atoms with E-state index in [0.717, 1.165) is 0 Å². The van der Waals surface area contributed by atoms with E-state index in [1.165, 1.54) is 29.5 Å². The molecule has 7 heteroatoms. The molecule has 2 aromatic carbocycles. The summed E-state index contributed by atoms with van der Waals surface area (Å²) in [6.45, 7) is 1.71. The summed E-state index contributed by atoms with van der Waals surface area (Å²) >= 11 is 12.1. The summed E-state index contributed by atoms with van der Waals surface area (Å²) in [6.07, 6.45) is 2.76. The van der Waals surface area contributed by atoms with Gasteiger partial charge in [-0.1, -0.05) is 41.4 Å². The number of carbonyl (C=O) groups is 1. The average Bonchev–Trinajstić information content (AvgIpc) is 2.93. The summed E-state index contributed by atoms with van der Waals surface area (Å²) in [6, 6.07) is 12.1. The van der Waals surface area contributed by atoms with Gasteiger partial charge in [0.25, 0.3) is 5.91 Å². The molecule has 1 aliphatic heterocycles. The number of halogens is 2. The van der Waals surface area contributed by atoms with Crippen molar-refractivity contribution in [2.75, 3.05) is 5.01 Å². The minimum Gasteiger partial charge on any atom is -0.462 e. The Morgan fingerprint density at radius 2 is 1.85 bits per heavy atom. The van der Waals surface area contributed by atoms with Gasteiger partial charge in [-0.15, -0.1) is 0 Å². The molecule has 2 heterocycles. The van der Waals surface area contributed by atoms with E-state index in [1.807, 2.05) is 18.2 Å². The van der Waals surface area contributed by atoms with Crippen LogP contribution in [0.3, 0.4) is 0 Å². The molecule has 0 aliphatic carbocycles. The fraction of sp³-hybridized carbons (Fsp3) is 0.0500. The van der Waals surface area contributed by atoms with Crippen molar-refractivity contribution < 1.29 is 9.21 Å². The zero-order chi connectivity index (χ0) is 19.1. The lowest BCUT2D eigenvalue weighted by molar-refractivity contribution is -0.114. The van der Waals surface area contributed by atoms with Crippen LogP contribution in [0.1, 0.15) is 12.5 Å². The molecule has 27 heavy (non-hydrogen) atoms. The Morgan fingerprint density at radius 1 is 1.11 bits per heavy atom. The van der Waals surface area contributed by atoms with Gasteiger partial charge in [-0.2, -0.15) is 10.1 Å². The van der Waals surface area contributed by atoms with Crippen molar-refractivity contribution in [3.05, 3.63) is 80.1 Å². The molecule has 1 aromatic heterocycles. The quantitative estimate of drug-likeness (QED) is 0.576. The van der Waals surface area contributed by atoms with E-state index >= 15 is 0 Å². The first kappa shape index (κ1) is 17.5. The smallest absolute Gasteiger partial charge is 0.280 e. The Bertz CT molecular complexity index is 1200. The van der Waals surface area contributed by atoms with Gasteiger partial charge in [0.2, 0.25) is 0 Å². The number of anilines is 1. The van der Waals surface area contributed by atoms with Gasteiger partial charge in [-0.25, -0.2) is 0 Å². The highest BCUT2D eigenvalue weighted by Gasteiger charge is 2.29. The number of amides is 1. The molecule has 0 fully saturated rings. The second-order valence-electron chi connectivity index (χ2n) is 5.98. The molecule has 1 amide bonds. The summed E-state index contributed by atoms with van der Waals surface area (Å²) in [5.41, 5.74) is 1.61. The predicted octanol–water partition coefficient (Wildman–Crippen LogP) is 4.91. The third-order valence-corrected chi connectivity index (χ3v) is 4.68. The molecule has 0 bridgehead atoms. The predicted molar refractivity (Wildman–Crippen MR) is 108 cm³/mol. The van der Waals surface area contributed by atoms with E-state index in [2.05, 4.69) is 5.10 Å². The van der Waals surface area contributed by atoms with Crippen LogP contribution in [0.15, 0.2) is 68.6 Å². The number of nitrogens with zero attached hydrogens (tertiary/aromatic N) is 2. The molecule has 3 aromatic rings. The molecular weight excluding hydrogens is 387 g/mol. The van der Waals surface area contributed by atoms with Crippen LogP contribution >= 0.6 is 23.2 Å². The fourth-order valence-corrected chi connectivity index (χ4v) is 3.40. The Hall–Kier alpha value is -2.89. The number of hydrogen-bond acceptors (Lipinski definition) is 4. The van der Waals surface area contributed by atoms with Crippen molar-refractivity contribution in [1.82, 2.24) is 0 Å². The SMILES string of the molecule is CC1=NN(c2ccccc2)C(=O)/C1=C\c1coc2c(Cl)cc(Cl)cc2c1=O. The maximum Gasteiger partial charge on any atom is 0.280 e. The number of benzene rings is 2. The molecule has 4 rings (SSSR count). The van der Waals surface area contributed by atoms with Crippen LogP contribution in [0.5, 0.6) is 0 Å². The highest BCUT2D eigenvalue weighted by molar-refractivity contribution is 6.38. The van der Waals surface area contributed by atoms with Gasteiger partial charge in [-0.3, -0.25) is 9.59 Å². The van der Waals surface area contributed by atoms with Crippen molar-refractivity contribution in [1.29, 1.82) is 0 Å². The van der Waals surface area contributed by atoms with Crippen molar-refractivity contribution in [3.8, 4) is 0 Å². The maximum absolute atomic E-state index is 12.8. The first-order chi connectivity index (χ1) is 13.0. The third kappa shape index (κ3) is 3.05. The van der Waals surface area contributed by atoms with Crippen molar-refractivity contribution in [2.45, 2.75) is 6.92 Å². The van der Waals surface area contributed by atoms with E-state index in [9.17, 15) is 9.59 Å². The average molecular weight is 399 g/mol. The Morgan fingerprint density at radius 3 is 2.59 bits per heavy atom. The van der Waals surface area contributed by atoms with Crippen LogP contribution in [-0.2, 0) is 4.79 Å². The first-order valence-corrected chi connectivity index (χ1v) is 8.78. The first-order valence-electron chi connectivity index (χ1n) is 8.03. The molecule has 0 N–H and O–H groups in total. The number of carbonyl (C=O) groups excluding carboxylic acids is 1. The van der Waals surface area contributed by atoms with Crippen LogP contribution in [0, 0.1) is 0 Å². The summed E-state index contributed by atoms with van der Waals surface area (Å²) in [7, 11) is 0. The molecule has 5 nitrogen and oxygen atoms in total. The monoisotopic (exact) mass is 398 g/mol. The van der Waals surface area contributed by atoms with Crippen LogP contribution < -0.4 is 10.4 Å². The van der Waals surface area contributed by atoms with Gasteiger partial charge in [0.05, 0.1) is 32.9 Å². The van der Waals surface area contributed by atoms with Gasteiger partial charge in [0, 0.05) is 5.02 Å². The van der Waals surface area contributed by atoms with E-state index in [1.54, 1.807) is 19.1 Å². The number of fused-ring (bicyclic) bond motifs is 1. The number of hydrogen-bond donors (Lipinski definition) is 0. The van der Waals surface area contributed by atoms with Gasteiger partial charge in [0.1, 0.15) is 6.26 Å². The van der Waals surface area contributed by atoms with Crippen LogP contribution in [0.25, 0.3) is 17.0 Å². The van der Waals surface area contributed by atoms with Gasteiger partial charge >= 0.3 is 0 Å². The molecule has 0 saturated carbocycles. The lowest BCUT2D eigenvalue weighted by atomic mass is 10.1. The topological polar surface area (TPSA) is 62.9 Å². The minimum absolute atomic E-state index is 0.216. The molecule has 0 atom stereocenters. The van der Waals surface area contributed by atoms with E-state index in [0.29, 0.717) is 22.0 Å². The number of para-hydroxylation sites is 1. The highest BCUT2D eigenvalue weighted by Crippen LogP contribution is 2.28. The molecule has 0 spiro atoms.